The van der Waals surface area contributed by atoms with E-state index in [9.17, 15) is 0 Å². The predicted molar refractivity (Wildman–Crippen MR) is 121 cm³/mol. The molecule has 2 aromatic carbocycles. The zero-order valence-corrected chi connectivity index (χ0v) is 18.1. The number of hydrogen-bond donors (Lipinski definition) is 1. The first kappa shape index (κ1) is 21.0. The van der Waals surface area contributed by atoms with E-state index in [1.165, 1.54) is 16.7 Å². The van der Waals surface area contributed by atoms with Gasteiger partial charge in [-0.3, -0.25) is 4.99 Å². The quantitative estimate of drug-likeness (QED) is 0.336. The molecule has 0 saturated carbocycles. The lowest BCUT2D eigenvalue weighted by Gasteiger charge is -2.22. The van der Waals surface area contributed by atoms with E-state index in [0.29, 0.717) is 0 Å². The Morgan fingerprint density at radius 1 is 1.04 bits per heavy atom. The van der Waals surface area contributed by atoms with E-state index in [2.05, 4.69) is 80.3 Å². The molecule has 0 atom stereocenters. The van der Waals surface area contributed by atoms with Crippen LogP contribution in [0.5, 0.6) is 0 Å². The molecule has 0 aliphatic heterocycles. The van der Waals surface area contributed by atoms with Gasteiger partial charge in [-0.15, -0.1) is 24.0 Å². The molecule has 0 spiro atoms. The van der Waals surface area contributed by atoms with Crippen molar-refractivity contribution in [1.82, 2.24) is 19.8 Å². The van der Waals surface area contributed by atoms with Crippen LogP contribution in [-0.2, 0) is 19.6 Å². The van der Waals surface area contributed by atoms with Crippen molar-refractivity contribution < 1.29 is 0 Å². The summed E-state index contributed by atoms with van der Waals surface area (Å²) in [7, 11) is 3.87. The van der Waals surface area contributed by atoms with Gasteiger partial charge in [0, 0.05) is 46.1 Å². The molecule has 0 bridgehead atoms. The van der Waals surface area contributed by atoms with Crippen molar-refractivity contribution in [3.8, 4) is 0 Å². The van der Waals surface area contributed by atoms with Gasteiger partial charge in [-0.2, -0.15) is 0 Å². The largest absolute Gasteiger partial charge is 0.352 e. The Bertz CT molecular complexity index is 814. The average Bonchev–Trinajstić information content (AvgIpc) is 3.17. The Labute approximate surface area is 178 Å². The normalized spacial score (nSPS) is 11.0. The van der Waals surface area contributed by atoms with Gasteiger partial charge >= 0.3 is 0 Å². The van der Waals surface area contributed by atoms with E-state index in [1.54, 1.807) is 6.20 Å². The summed E-state index contributed by atoms with van der Waals surface area (Å²) >= 11 is 0. The Balaban J connectivity index is 0.00000261. The van der Waals surface area contributed by atoms with Crippen LogP contribution in [0.4, 0.5) is 0 Å². The zero-order valence-electron chi connectivity index (χ0n) is 15.7. The average molecular weight is 475 g/mol. The standard InChI is InChI=1S/C21H25N5.HI/c1-22-21(25(2)15-19-6-4-3-5-7-19)24-14-18-8-10-20(11-9-18)16-26-13-12-23-17-26;/h3-13,17H,14-16H2,1-2H3,(H,22,24);1H. The smallest absolute Gasteiger partial charge is 0.193 e. The van der Waals surface area contributed by atoms with Crippen LogP contribution in [0.1, 0.15) is 16.7 Å². The van der Waals surface area contributed by atoms with E-state index in [4.69, 9.17) is 0 Å². The highest BCUT2D eigenvalue weighted by atomic mass is 127. The fourth-order valence-electron chi connectivity index (χ4n) is 2.85. The molecule has 142 valence electrons. The first-order valence-electron chi connectivity index (χ1n) is 8.74. The lowest BCUT2D eigenvalue weighted by molar-refractivity contribution is 0.476. The van der Waals surface area contributed by atoms with Gasteiger partial charge in [-0.25, -0.2) is 4.98 Å². The fourth-order valence-corrected chi connectivity index (χ4v) is 2.85. The van der Waals surface area contributed by atoms with E-state index in [-0.39, 0.29) is 24.0 Å². The highest BCUT2D eigenvalue weighted by molar-refractivity contribution is 14.0. The third kappa shape index (κ3) is 6.39. The second-order valence-electron chi connectivity index (χ2n) is 6.29. The van der Waals surface area contributed by atoms with Gasteiger partial charge in [-0.05, 0) is 16.7 Å². The monoisotopic (exact) mass is 475 g/mol. The molecule has 5 nitrogen and oxygen atoms in total. The third-order valence-corrected chi connectivity index (χ3v) is 4.23. The summed E-state index contributed by atoms with van der Waals surface area (Å²) in [5, 5.41) is 3.43. The van der Waals surface area contributed by atoms with Gasteiger partial charge in [0.05, 0.1) is 6.33 Å². The molecule has 0 fully saturated rings. The van der Waals surface area contributed by atoms with Crippen LogP contribution in [0.25, 0.3) is 0 Å². The van der Waals surface area contributed by atoms with E-state index < -0.39 is 0 Å². The van der Waals surface area contributed by atoms with Gasteiger partial charge in [0.25, 0.3) is 0 Å². The summed E-state index contributed by atoms with van der Waals surface area (Å²) in [5.74, 6) is 0.886. The van der Waals surface area contributed by atoms with Crippen LogP contribution in [-0.4, -0.2) is 34.5 Å². The summed E-state index contributed by atoms with van der Waals surface area (Å²) in [6, 6.07) is 19.0. The molecule has 0 unspecified atom stereocenters. The molecule has 0 aliphatic rings. The molecule has 6 heteroatoms. The van der Waals surface area contributed by atoms with Crippen LogP contribution in [0.2, 0.25) is 0 Å². The fraction of sp³-hybridized carbons (Fsp3) is 0.238. The Morgan fingerprint density at radius 2 is 1.74 bits per heavy atom. The molecule has 1 N–H and O–H groups in total. The molecule has 3 rings (SSSR count). The van der Waals surface area contributed by atoms with E-state index in [0.717, 1.165) is 25.6 Å². The van der Waals surface area contributed by atoms with Crippen LogP contribution >= 0.6 is 24.0 Å². The van der Waals surface area contributed by atoms with Crippen LogP contribution in [0, 0.1) is 0 Å². The number of guanidine groups is 1. The Morgan fingerprint density at radius 3 is 2.37 bits per heavy atom. The van der Waals surface area contributed by atoms with Crippen molar-refractivity contribution >= 4 is 29.9 Å². The molecule has 1 heterocycles. The van der Waals surface area contributed by atoms with Gasteiger partial charge in [0.2, 0.25) is 0 Å². The lowest BCUT2D eigenvalue weighted by atomic mass is 10.1. The van der Waals surface area contributed by atoms with Crippen LogP contribution < -0.4 is 5.32 Å². The maximum Gasteiger partial charge on any atom is 0.193 e. The lowest BCUT2D eigenvalue weighted by Crippen LogP contribution is -2.38. The van der Waals surface area contributed by atoms with Crippen molar-refractivity contribution in [2.45, 2.75) is 19.6 Å². The number of nitrogens with zero attached hydrogens (tertiary/aromatic N) is 4. The van der Waals surface area contributed by atoms with Gasteiger partial charge in [-0.1, -0.05) is 54.6 Å². The highest BCUT2D eigenvalue weighted by Crippen LogP contribution is 2.07. The zero-order chi connectivity index (χ0) is 18.2. The number of aromatic nitrogens is 2. The second-order valence-corrected chi connectivity index (χ2v) is 6.29. The summed E-state index contributed by atoms with van der Waals surface area (Å²) in [6.07, 6.45) is 5.61. The molecule has 0 amide bonds. The SMILES string of the molecule is CN=C(NCc1ccc(Cn2ccnc2)cc1)N(C)Cc1ccccc1.I. The van der Waals surface area contributed by atoms with E-state index >= 15 is 0 Å². The minimum absolute atomic E-state index is 0. The van der Waals surface area contributed by atoms with Crippen molar-refractivity contribution in [3.05, 3.63) is 90.0 Å². The molecule has 1 aromatic heterocycles. The number of imidazole rings is 1. The number of benzene rings is 2. The topological polar surface area (TPSA) is 45.5 Å². The van der Waals surface area contributed by atoms with Gasteiger partial charge in [0.1, 0.15) is 0 Å². The van der Waals surface area contributed by atoms with Crippen molar-refractivity contribution in [3.63, 3.8) is 0 Å². The molecular weight excluding hydrogens is 449 g/mol. The molecule has 0 saturated heterocycles. The van der Waals surface area contributed by atoms with Crippen LogP contribution in [0.15, 0.2) is 78.3 Å². The van der Waals surface area contributed by atoms with Gasteiger partial charge < -0.3 is 14.8 Å². The summed E-state index contributed by atoms with van der Waals surface area (Å²) in [4.78, 5) is 10.6. The Hall–Kier alpha value is -2.35. The van der Waals surface area contributed by atoms with Gasteiger partial charge in [0.15, 0.2) is 5.96 Å². The first-order chi connectivity index (χ1) is 12.7. The van der Waals surface area contributed by atoms with Crippen molar-refractivity contribution in [2.75, 3.05) is 14.1 Å². The second kappa shape index (κ2) is 10.7. The Kier molecular flexibility index (Phi) is 8.32. The summed E-state index contributed by atoms with van der Waals surface area (Å²) < 4.78 is 2.06. The minimum atomic E-state index is 0. The number of halogens is 1. The highest BCUT2D eigenvalue weighted by Gasteiger charge is 2.06. The summed E-state index contributed by atoms with van der Waals surface area (Å²) in [6.45, 7) is 2.41. The number of aliphatic imine (C=N–C) groups is 1. The maximum atomic E-state index is 4.39. The minimum Gasteiger partial charge on any atom is -0.352 e. The maximum absolute atomic E-state index is 4.39. The predicted octanol–water partition coefficient (Wildman–Crippen LogP) is 3.76. The molecule has 3 aromatic rings. The van der Waals surface area contributed by atoms with Crippen molar-refractivity contribution in [1.29, 1.82) is 0 Å². The van der Waals surface area contributed by atoms with E-state index in [1.807, 2.05) is 25.6 Å². The summed E-state index contributed by atoms with van der Waals surface area (Å²) in [5.41, 5.74) is 3.76. The van der Waals surface area contributed by atoms with Crippen LogP contribution in [0.3, 0.4) is 0 Å². The molecular formula is C21H26IN5. The van der Waals surface area contributed by atoms with Crippen molar-refractivity contribution in [2.24, 2.45) is 4.99 Å². The third-order valence-electron chi connectivity index (χ3n) is 4.23. The number of hydrogen-bond acceptors (Lipinski definition) is 2. The molecule has 0 radical (unpaired) electrons. The molecule has 27 heavy (non-hydrogen) atoms. The number of nitrogens with one attached hydrogen (secondary N) is 1. The number of rotatable bonds is 6. The molecule has 0 aliphatic carbocycles. The first-order valence-corrected chi connectivity index (χ1v) is 8.74.